The highest BCUT2D eigenvalue weighted by atomic mass is 35.5. The van der Waals surface area contributed by atoms with Gasteiger partial charge in [0.05, 0.1) is 5.41 Å². The highest BCUT2D eigenvalue weighted by molar-refractivity contribution is 6.29. The van der Waals surface area contributed by atoms with Gasteiger partial charge in [0.25, 0.3) is 0 Å². The van der Waals surface area contributed by atoms with Gasteiger partial charge in [0.2, 0.25) is 0 Å². The Morgan fingerprint density at radius 3 is 2.47 bits per heavy atom. The lowest BCUT2D eigenvalue weighted by Crippen LogP contribution is -2.31. The maximum atomic E-state index is 12.1. The van der Waals surface area contributed by atoms with E-state index in [2.05, 4.69) is 4.98 Å². The van der Waals surface area contributed by atoms with Gasteiger partial charge < -0.3 is 4.74 Å². The molecule has 1 heterocycles. The molecule has 0 radical (unpaired) electrons. The van der Waals surface area contributed by atoms with E-state index in [-0.39, 0.29) is 5.97 Å². The van der Waals surface area contributed by atoms with Gasteiger partial charge in [0.15, 0.2) is 0 Å². The van der Waals surface area contributed by atoms with Crippen LogP contribution in [0.4, 0.5) is 0 Å². The lowest BCUT2D eigenvalue weighted by molar-refractivity contribution is -0.158. The first-order valence-electron chi connectivity index (χ1n) is 5.69. The average Bonchev–Trinajstić information content (AvgIpc) is 2.97. The molecule has 1 aromatic heterocycles. The third-order valence-corrected chi connectivity index (χ3v) is 3.04. The fourth-order valence-corrected chi connectivity index (χ4v) is 1.88. The van der Waals surface area contributed by atoms with Crippen LogP contribution >= 0.6 is 11.6 Å². The van der Waals surface area contributed by atoms with Crippen molar-refractivity contribution in [1.82, 2.24) is 4.98 Å². The molecule has 0 aromatic carbocycles. The van der Waals surface area contributed by atoms with E-state index in [0.717, 1.165) is 18.4 Å². The highest BCUT2D eigenvalue weighted by Gasteiger charge is 2.53. The molecule has 17 heavy (non-hydrogen) atoms. The van der Waals surface area contributed by atoms with Crippen molar-refractivity contribution in [2.24, 2.45) is 0 Å². The van der Waals surface area contributed by atoms with Gasteiger partial charge in [-0.15, -0.1) is 0 Å². The zero-order chi connectivity index (χ0) is 12.7. The van der Waals surface area contributed by atoms with Crippen molar-refractivity contribution in [1.29, 1.82) is 0 Å². The van der Waals surface area contributed by atoms with Crippen LogP contribution in [0, 0.1) is 0 Å². The summed E-state index contributed by atoms with van der Waals surface area (Å²) in [7, 11) is 0. The highest BCUT2D eigenvalue weighted by Crippen LogP contribution is 2.49. The first-order valence-corrected chi connectivity index (χ1v) is 6.07. The zero-order valence-electron chi connectivity index (χ0n) is 10.3. The topological polar surface area (TPSA) is 39.2 Å². The molecule has 0 N–H and O–H groups in total. The van der Waals surface area contributed by atoms with Gasteiger partial charge in [0, 0.05) is 6.20 Å². The molecule has 2 rings (SSSR count). The minimum atomic E-state index is -0.481. The molecule has 1 fully saturated rings. The molecule has 0 spiro atoms. The number of carbonyl (C=O) groups is 1. The number of nitrogens with zero attached hydrogens (tertiary/aromatic N) is 1. The van der Waals surface area contributed by atoms with Crippen molar-refractivity contribution >= 4 is 17.6 Å². The third kappa shape index (κ3) is 2.60. The van der Waals surface area contributed by atoms with E-state index in [1.54, 1.807) is 12.3 Å². The zero-order valence-corrected chi connectivity index (χ0v) is 11.0. The maximum Gasteiger partial charge on any atom is 0.317 e. The van der Waals surface area contributed by atoms with Gasteiger partial charge in [0.1, 0.15) is 10.8 Å². The quantitative estimate of drug-likeness (QED) is 0.601. The standard InChI is InChI=1S/C13H16ClNO2/c1-12(2,3)17-11(16)13(6-7-13)9-4-5-10(14)15-8-9/h4-5,8H,6-7H2,1-3H3. The predicted octanol–water partition coefficient (Wildman–Crippen LogP) is 3.11. The van der Waals surface area contributed by atoms with Crippen LogP contribution < -0.4 is 0 Å². The second-order valence-corrected chi connectivity index (χ2v) is 5.84. The van der Waals surface area contributed by atoms with Gasteiger partial charge in [-0.25, -0.2) is 4.98 Å². The maximum absolute atomic E-state index is 12.1. The lowest BCUT2D eigenvalue weighted by Gasteiger charge is -2.23. The second kappa shape index (κ2) is 3.98. The number of hydrogen-bond acceptors (Lipinski definition) is 3. The Hall–Kier alpha value is -1.09. The number of carbonyl (C=O) groups excluding carboxylic acids is 1. The van der Waals surface area contributed by atoms with Gasteiger partial charge in [-0.2, -0.15) is 0 Å². The summed E-state index contributed by atoms with van der Waals surface area (Å²) in [5, 5.41) is 0.439. The molecule has 0 unspecified atom stereocenters. The van der Waals surface area contributed by atoms with E-state index >= 15 is 0 Å². The van der Waals surface area contributed by atoms with Crippen LogP contribution in [0.15, 0.2) is 18.3 Å². The number of aromatic nitrogens is 1. The Balaban J connectivity index is 2.20. The first kappa shape index (κ1) is 12.4. The van der Waals surface area contributed by atoms with Crippen LogP contribution in [-0.4, -0.2) is 16.6 Å². The number of rotatable bonds is 2. The van der Waals surface area contributed by atoms with E-state index < -0.39 is 11.0 Å². The second-order valence-electron chi connectivity index (χ2n) is 5.45. The summed E-state index contributed by atoms with van der Waals surface area (Å²) in [6, 6.07) is 3.56. The number of pyridine rings is 1. The molecule has 1 aliphatic rings. The molecular formula is C13H16ClNO2. The molecule has 1 saturated carbocycles. The summed E-state index contributed by atoms with van der Waals surface area (Å²) >= 11 is 5.74. The number of ether oxygens (including phenoxy) is 1. The minimum Gasteiger partial charge on any atom is -0.459 e. The van der Waals surface area contributed by atoms with Crippen LogP contribution in [0.25, 0.3) is 0 Å². The SMILES string of the molecule is CC(C)(C)OC(=O)C1(c2ccc(Cl)nc2)CC1. The first-order chi connectivity index (χ1) is 7.83. The number of hydrogen-bond donors (Lipinski definition) is 0. The van der Waals surface area contributed by atoms with E-state index in [0.29, 0.717) is 5.15 Å². The lowest BCUT2D eigenvalue weighted by atomic mass is 9.97. The average molecular weight is 254 g/mol. The predicted molar refractivity (Wildman–Crippen MR) is 66.0 cm³/mol. The van der Waals surface area contributed by atoms with E-state index in [4.69, 9.17) is 16.3 Å². The van der Waals surface area contributed by atoms with E-state index in [9.17, 15) is 4.79 Å². The Morgan fingerprint density at radius 1 is 1.41 bits per heavy atom. The minimum absolute atomic E-state index is 0.158. The molecule has 0 amide bonds. The number of esters is 1. The van der Waals surface area contributed by atoms with Crippen molar-refractivity contribution in [2.75, 3.05) is 0 Å². The van der Waals surface area contributed by atoms with Crippen molar-refractivity contribution < 1.29 is 9.53 Å². The van der Waals surface area contributed by atoms with Gasteiger partial charge >= 0.3 is 5.97 Å². The summed E-state index contributed by atoms with van der Waals surface area (Å²) in [4.78, 5) is 16.2. The van der Waals surface area contributed by atoms with Crippen LogP contribution in [0.3, 0.4) is 0 Å². The molecule has 4 heteroatoms. The van der Waals surface area contributed by atoms with Crippen LogP contribution in [0.2, 0.25) is 5.15 Å². The molecule has 0 bridgehead atoms. The smallest absolute Gasteiger partial charge is 0.317 e. The molecule has 1 aliphatic carbocycles. The molecule has 3 nitrogen and oxygen atoms in total. The van der Waals surface area contributed by atoms with Crippen molar-refractivity contribution in [3.63, 3.8) is 0 Å². The van der Waals surface area contributed by atoms with Crippen molar-refractivity contribution in [3.05, 3.63) is 29.0 Å². The normalized spacial score (nSPS) is 17.6. The fraction of sp³-hybridized carbons (Fsp3) is 0.538. The van der Waals surface area contributed by atoms with Crippen molar-refractivity contribution in [2.45, 2.75) is 44.6 Å². The molecule has 0 atom stereocenters. The van der Waals surface area contributed by atoms with Crippen LogP contribution in [-0.2, 0) is 14.9 Å². The van der Waals surface area contributed by atoms with Gasteiger partial charge in [-0.3, -0.25) is 4.79 Å². The summed E-state index contributed by atoms with van der Waals surface area (Å²) < 4.78 is 5.45. The Labute approximate surface area is 106 Å². The van der Waals surface area contributed by atoms with Gasteiger partial charge in [-0.1, -0.05) is 17.7 Å². The number of halogens is 1. The Bertz CT molecular complexity index is 430. The largest absolute Gasteiger partial charge is 0.459 e. The summed E-state index contributed by atoms with van der Waals surface area (Å²) in [6.45, 7) is 5.63. The van der Waals surface area contributed by atoms with E-state index in [1.165, 1.54) is 0 Å². The monoisotopic (exact) mass is 253 g/mol. The Kier molecular flexibility index (Phi) is 2.90. The van der Waals surface area contributed by atoms with E-state index in [1.807, 2.05) is 26.8 Å². The molecular weight excluding hydrogens is 238 g/mol. The third-order valence-electron chi connectivity index (χ3n) is 2.82. The van der Waals surface area contributed by atoms with Crippen LogP contribution in [0.1, 0.15) is 39.2 Å². The summed E-state index contributed by atoms with van der Waals surface area (Å²) in [6.07, 6.45) is 3.32. The van der Waals surface area contributed by atoms with Crippen LogP contribution in [0.5, 0.6) is 0 Å². The van der Waals surface area contributed by atoms with Crippen molar-refractivity contribution in [3.8, 4) is 0 Å². The van der Waals surface area contributed by atoms with Gasteiger partial charge in [-0.05, 0) is 45.2 Å². The molecule has 0 saturated heterocycles. The Morgan fingerprint density at radius 2 is 2.06 bits per heavy atom. The fourth-order valence-electron chi connectivity index (χ4n) is 1.77. The summed E-state index contributed by atoms with van der Waals surface area (Å²) in [5.41, 5.74) is -0.0339. The molecule has 1 aromatic rings. The summed E-state index contributed by atoms with van der Waals surface area (Å²) in [5.74, 6) is -0.158. The molecule has 0 aliphatic heterocycles. The molecule has 92 valence electrons.